The van der Waals surface area contributed by atoms with Gasteiger partial charge in [0.1, 0.15) is 18.0 Å². The number of esters is 1. The maximum absolute atomic E-state index is 12.0. The van der Waals surface area contributed by atoms with Crippen LogP contribution in [0.25, 0.3) is 0 Å². The molecule has 0 radical (unpaired) electrons. The zero-order chi connectivity index (χ0) is 27.6. The number of nitrogens with one attached hydrogen (secondary N) is 1. The number of carbonyl (C=O) groups is 1. The van der Waals surface area contributed by atoms with Crippen molar-refractivity contribution < 1.29 is 28.4 Å². The largest absolute Gasteiger partial charge is 0.494 e. The second-order valence-corrected chi connectivity index (χ2v) is 11.4. The molecule has 0 bridgehead atoms. The number of para-hydroxylation sites is 1. The van der Waals surface area contributed by atoms with Gasteiger partial charge in [-0.25, -0.2) is 10.3 Å². The highest BCUT2D eigenvalue weighted by Crippen LogP contribution is 2.36. The molecule has 2 aromatic carbocycles. The normalized spacial score (nSPS) is 19.0. The van der Waals surface area contributed by atoms with Crippen LogP contribution in [-0.4, -0.2) is 49.3 Å². The van der Waals surface area contributed by atoms with Crippen LogP contribution in [0.1, 0.15) is 59.6 Å². The van der Waals surface area contributed by atoms with Crippen LogP contribution in [-0.2, 0) is 25.3 Å². The van der Waals surface area contributed by atoms with Crippen molar-refractivity contribution in [3.05, 3.63) is 65.4 Å². The number of nitrogens with zero attached hydrogens (tertiary/aromatic N) is 1. The Balaban J connectivity index is 0.000000178. The topological polar surface area (TPSA) is 87.6 Å². The number of rotatable bonds is 2. The molecule has 0 aliphatic carbocycles. The Labute approximate surface area is 225 Å². The Hall–Kier alpha value is -3.30. The number of benzene rings is 2. The van der Waals surface area contributed by atoms with E-state index in [4.69, 9.17) is 23.6 Å². The Bertz CT molecular complexity index is 1220. The number of hydrogen-bond donors (Lipinski definition) is 1. The molecule has 1 saturated heterocycles. The average molecular weight is 520 g/mol. The summed E-state index contributed by atoms with van der Waals surface area (Å²) in [5.41, 5.74) is 5.00. The molecule has 0 spiro atoms. The summed E-state index contributed by atoms with van der Waals surface area (Å²) >= 11 is 0. The van der Waals surface area contributed by atoms with Gasteiger partial charge in [0.2, 0.25) is 0 Å². The fourth-order valence-electron chi connectivity index (χ4n) is 3.94. The molecule has 0 saturated carbocycles. The van der Waals surface area contributed by atoms with E-state index in [1.54, 1.807) is 6.20 Å². The van der Waals surface area contributed by atoms with E-state index in [-0.39, 0.29) is 24.3 Å². The number of ether oxygens (including phenoxy) is 2. The van der Waals surface area contributed by atoms with E-state index in [1.807, 2.05) is 69.5 Å². The van der Waals surface area contributed by atoms with Crippen molar-refractivity contribution in [1.82, 2.24) is 5.48 Å². The fraction of sp³-hybridized carbons (Fsp3) is 0.448. The quantitative estimate of drug-likeness (QED) is 0.470. The first-order valence-electron chi connectivity index (χ1n) is 12.9. The highest BCUT2D eigenvalue weighted by atomic mass is 16.7. The van der Waals surface area contributed by atoms with Crippen molar-refractivity contribution in [2.45, 2.75) is 71.7 Å². The molecule has 2 aromatic rings. The van der Waals surface area contributed by atoms with E-state index in [9.17, 15) is 4.79 Å². The lowest BCUT2D eigenvalue weighted by Gasteiger charge is -2.32. The Morgan fingerprint density at radius 2 is 1.74 bits per heavy atom. The van der Waals surface area contributed by atoms with Crippen LogP contribution >= 0.6 is 0 Å². The van der Waals surface area contributed by atoms with Gasteiger partial charge in [0, 0.05) is 30.0 Å². The maximum Gasteiger partial charge on any atom is 0.494 e. The van der Waals surface area contributed by atoms with Crippen molar-refractivity contribution in [3.8, 4) is 11.5 Å². The van der Waals surface area contributed by atoms with Crippen molar-refractivity contribution in [1.29, 1.82) is 0 Å². The monoisotopic (exact) mass is 520 g/mol. The molecule has 1 fully saturated rings. The van der Waals surface area contributed by atoms with Gasteiger partial charge in [-0.15, -0.1) is 0 Å². The first kappa shape index (κ1) is 27.7. The molecule has 3 aliphatic rings. The molecule has 38 heavy (non-hydrogen) atoms. The van der Waals surface area contributed by atoms with E-state index in [0.717, 1.165) is 28.1 Å². The highest BCUT2D eigenvalue weighted by Gasteiger charge is 2.51. The van der Waals surface area contributed by atoms with Crippen molar-refractivity contribution in [2.75, 3.05) is 13.2 Å². The molecule has 8 nitrogen and oxygen atoms in total. The molecule has 0 unspecified atom stereocenters. The molecule has 3 aliphatic heterocycles. The van der Waals surface area contributed by atoms with Gasteiger partial charge in [-0.1, -0.05) is 24.3 Å². The van der Waals surface area contributed by atoms with Gasteiger partial charge >= 0.3 is 13.1 Å². The first-order chi connectivity index (χ1) is 17.8. The number of carbonyl (C=O) groups excluding carboxylic acids is 1. The van der Waals surface area contributed by atoms with Gasteiger partial charge in [0.05, 0.1) is 23.3 Å². The molecule has 202 valence electrons. The number of fused-ring (bicyclic) bond motifs is 2. The molecule has 1 N–H and O–H groups in total. The number of hydroxylamine groups is 1. The SMILES string of the molecule is CC(C)(C)OC(=O)C1=CNOc2ccccc2C1.CC1(C)OB(c2ccc3c(c2)C=NCCO3)OC1(C)C. The van der Waals surface area contributed by atoms with Crippen LogP contribution in [0.3, 0.4) is 0 Å². The van der Waals surface area contributed by atoms with Crippen molar-refractivity contribution >= 4 is 24.8 Å². The Morgan fingerprint density at radius 1 is 1.03 bits per heavy atom. The van der Waals surface area contributed by atoms with E-state index in [0.29, 0.717) is 25.1 Å². The van der Waals surface area contributed by atoms with Crippen molar-refractivity contribution in [2.24, 2.45) is 4.99 Å². The zero-order valence-electron chi connectivity index (χ0n) is 23.3. The van der Waals surface area contributed by atoms with Gasteiger partial charge in [-0.2, -0.15) is 0 Å². The molecule has 3 heterocycles. The molecule has 5 rings (SSSR count). The predicted octanol–water partition coefficient (Wildman–Crippen LogP) is 4.15. The summed E-state index contributed by atoms with van der Waals surface area (Å²) in [6.07, 6.45) is 3.91. The molecular weight excluding hydrogens is 483 g/mol. The fourth-order valence-corrected chi connectivity index (χ4v) is 3.94. The van der Waals surface area contributed by atoms with E-state index < -0.39 is 5.60 Å². The van der Waals surface area contributed by atoms with E-state index in [1.165, 1.54) is 0 Å². The second-order valence-electron chi connectivity index (χ2n) is 11.4. The van der Waals surface area contributed by atoms with Crippen LogP contribution in [0.15, 0.2) is 59.2 Å². The molecule has 0 amide bonds. The molecular formula is C29H37BN2O6. The van der Waals surface area contributed by atoms with Gasteiger partial charge < -0.3 is 23.6 Å². The van der Waals surface area contributed by atoms with Crippen LogP contribution in [0.4, 0.5) is 0 Å². The standard InChI is InChI=1S/C15H20BNO3.C14H17NO3/c1-14(2)15(3,4)20-16(19-14)12-5-6-13-11(9-12)10-17-7-8-18-13;1-14(2,3)17-13(16)11-8-10-6-4-5-7-12(10)18-15-9-11/h5-6,9-10H,7-8H2,1-4H3;4-7,9,15H,8H2,1-3H3. The predicted molar refractivity (Wildman–Crippen MR) is 148 cm³/mol. The summed E-state index contributed by atoms with van der Waals surface area (Å²) in [5.74, 6) is 1.27. The summed E-state index contributed by atoms with van der Waals surface area (Å²) < 4.78 is 23.1. The van der Waals surface area contributed by atoms with Gasteiger partial charge in [0.25, 0.3) is 0 Å². The lowest BCUT2D eigenvalue weighted by Crippen LogP contribution is -2.41. The maximum atomic E-state index is 12.0. The van der Waals surface area contributed by atoms with Gasteiger partial charge in [-0.3, -0.25) is 4.99 Å². The van der Waals surface area contributed by atoms with Crippen LogP contribution in [0, 0.1) is 0 Å². The van der Waals surface area contributed by atoms with E-state index in [2.05, 4.69) is 38.2 Å². The Morgan fingerprint density at radius 3 is 2.45 bits per heavy atom. The number of hydrogen-bond acceptors (Lipinski definition) is 8. The zero-order valence-corrected chi connectivity index (χ0v) is 23.3. The third-order valence-corrected chi connectivity index (χ3v) is 6.68. The minimum absolute atomic E-state index is 0.324. The highest BCUT2D eigenvalue weighted by molar-refractivity contribution is 6.62. The Kier molecular flexibility index (Phi) is 7.90. The van der Waals surface area contributed by atoms with Gasteiger partial charge in [-0.05, 0) is 72.1 Å². The lowest BCUT2D eigenvalue weighted by molar-refractivity contribution is -0.150. The summed E-state index contributed by atoms with van der Waals surface area (Å²) in [6.45, 7) is 15.1. The first-order valence-corrected chi connectivity index (χ1v) is 12.9. The smallest absolute Gasteiger partial charge is 0.491 e. The molecule has 0 atom stereocenters. The summed E-state index contributed by atoms with van der Waals surface area (Å²) in [6, 6.07) is 13.6. The van der Waals surface area contributed by atoms with Crippen LogP contribution in [0.2, 0.25) is 0 Å². The molecule has 9 heteroatoms. The van der Waals surface area contributed by atoms with Crippen LogP contribution in [0.5, 0.6) is 11.5 Å². The summed E-state index contributed by atoms with van der Waals surface area (Å²) in [7, 11) is -0.345. The average Bonchev–Trinajstić information content (AvgIpc) is 3.08. The van der Waals surface area contributed by atoms with Crippen LogP contribution < -0.4 is 20.5 Å². The lowest BCUT2D eigenvalue weighted by atomic mass is 9.78. The number of aliphatic imine (C=N–C) groups is 1. The van der Waals surface area contributed by atoms with Crippen molar-refractivity contribution in [3.63, 3.8) is 0 Å². The molecule has 0 aromatic heterocycles. The third kappa shape index (κ3) is 6.58. The second kappa shape index (κ2) is 10.8. The minimum atomic E-state index is -0.495. The van der Waals surface area contributed by atoms with E-state index >= 15 is 0 Å². The minimum Gasteiger partial charge on any atom is -0.491 e. The third-order valence-electron chi connectivity index (χ3n) is 6.68. The summed E-state index contributed by atoms with van der Waals surface area (Å²) in [5, 5.41) is 0. The summed E-state index contributed by atoms with van der Waals surface area (Å²) in [4.78, 5) is 21.6. The van der Waals surface area contributed by atoms with Gasteiger partial charge in [0.15, 0.2) is 5.75 Å².